The van der Waals surface area contributed by atoms with Crippen molar-refractivity contribution in [3.63, 3.8) is 0 Å². The van der Waals surface area contributed by atoms with E-state index in [9.17, 15) is 0 Å². The Bertz CT molecular complexity index is 1250. The molecule has 6 heteroatoms. The first kappa shape index (κ1) is 14.8. The van der Waals surface area contributed by atoms with Crippen LogP contribution in [-0.4, -0.2) is 24.8 Å². The molecule has 0 amide bonds. The summed E-state index contributed by atoms with van der Waals surface area (Å²) in [5.74, 6) is 1.57. The van der Waals surface area contributed by atoms with Crippen molar-refractivity contribution in [2.24, 2.45) is 0 Å². The highest BCUT2D eigenvalue weighted by Gasteiger charge is 2.12. The topological polar surface area (TPSA) is 68.0 Å². The third kappa shape index (κ3) is 2.27. The number of aromatic nitrogens is 5. The molecule has 0 aliphatic rings. The smallest absolute Gasteiger partial charge is 0.185 e. The Hall–Kier alpha value is -3.54. The average molecular weight is 340 g/mol. The lowest BCUT2D eigenvalue weighted by molar-refractivity contribution is 0.878. The van der Waals surface area contributed by atoms with Gasteiger partial charge in [0.2, 0.25) is 0 Å². The van der Waals surface area contributed by atoms with Gasteiger partial charge in [-0.3, -0.25) is 4.98 Å². The predicted molar refractivity (Wildman–Crippen MR) is 102 cm³/mol. The highest BCUT2D eigenvalue weighted by molar-refractivity contribution is 5.99. The highest BCUT2D eigenvalue weighted by Crippen LogP contribution is 2.25. The number of nitrogens with zero attached hydrogens (tertiary/aromatic N) is 5. The molecule has 0 aliphatic heterocycles. The molecule has 26 heavy (non-hydrogen) atoms. The molecule has 5 aromatic rings. The maximum atomic E-state index is 4.72. The maximum Gasteiger partial charge on any atom is 0.185 e. The quantitative estimate of drug-likeness (QED) is 0.542. The van der Waals surface area contributed by atoms with Crippen molar-refractivity contribution in [1.29, 1.82) is 0 Å². The second-order valence-electron chi connectivity index (χ2n) is 6.22. The lowest BCUT2D eigenvalue weighted by Crippen LogP contribution is -2.07. The number of para-hydroxylation sites is 1. The molecule has 126 valence electrons. The number of nitrogens with one attached hydrogen (secondary N) is 1. The van der Waals surface area contributed by atoms with Gasteiger partial charge in [0.1, 0.15) is 0 Å². The number of aryl methyl sites for hydroxylation is 1. The van der Waals surface area contributed by atoms with Crippen LogP contribution in [0.1, 0.15) is 11.4 Å². The van der Waals surface area contributed by atoms with Crippen LogP contribution in [0.25, 0.3) is 27.3 Å². The van der Waals surface area contributed by atoms with Crippen LogP contribution in [0.4, 0.5) is 5.82 Å². The molecular weight excluding hydrogens is 324 g/mol. The van der Waals surface area contributed by atoms with Crippen molar-refractivity contribution in [2.45, 2.75) is 13.5 Å². The van der Waals surface area contributed by atoms with Crippen molar-refractivity contribution in [3.05, 3.63) is 72.2 Å². The van der Waals surface area contributed by atoms with Gasteiger partial charge in [-0.2, -0.15) is 4.52 Å². The second kappa shape index (κ2) is 5.77. The van der Waals surface area contributed by atoms with Gasteiger partial charge >= 0.3 is 0 Å². The minimum absolute atomic E-state index is 0.637. The first-order valence-corrected chi connectivity index (χ1v) is 8.48. The van der Waals surface area contributed by atoms with E-state index in [1.807, 2.05) is 37.4 Å². The number of hydrogen-bond acceptors (Lipinski definition) is 5. The molecule has 2 aromatic carbocycles. The van der Waals surface area contributed by atoms with E-state index >= 15 is 0 Å². The molecule has 0 saturated carbocycles. The number of hydrogen-bond donors (Lipinski definition) is 1. The number of rotatable bonds is 3. The van der Waals surface area contributed by atoms with Gasteiger partial charge in [0.25, 0.3) is 0 Å². The van der Waals surface area contributed by atoms with Crippen LogP contribution in [0, 0.1) is 6.92 Å². The zero-order chi connectivity index (χ0) is 17.5. The molecule has 0 bridgehead atoms. The average Bonchev–Trinajstić information content (AvgIpc) is 3.07. The highest BCUT2D eigenvalue weighted by atomic mass is 15.4. The van der Waals surface area contributed by atoms with Crippen LogP contribution < -0.4 is 5.32 Å². The van der Waals surface area contributed by atoms with Gasteiger partial charge in [0, 0.05) is 28.9 Å². The molecular formula is C20H16N6. The summed E-state index contributed by atoms with van der Waals surface area (Å²) in [6.07, 6.45) is 1.83. The van der Waals surface area contributed by atoms with Crippen molar-refractivity contribution >= 4 is 33.1 Å². The minimum atomic E-state index is 0.637. The maximum absolute atomic E-state index is 4.72. The van der Waals surface area contributed by atoms with Crippen LogP contribution in [0.2, 0.25) is 0 Å². The largest absolute Gasteiger partial charge is 0.364 e. The Morgan fingerprint density at radius 3 is 2.69 bits per heavy atom. The fourth-order valence-electron chi connectivity index (χ4n) is 3.30. The first-order chi connectivity index (χ1) is 12.8. The van der Waals surface area contributed by atoms with Gasteiger partial charge in [-0.1, -0.05) is 48.5 Å². The van der Waals surface area contributed by atoms with Crippen LogP contribution in [-0.2, 0) is 6.54 Å². The lowest BCUT2D eigenvalue weighted by atomic mass is 10.1. The van der Waals surface area contributed by atoms with Crippen LogP contribution in [0.3, 0.4) is 0 Å². The molecule has 0 radical (unpaired) electrons. The molecule has 3 aromatic heterocycles. The van der Waals surface area contributed by atoms with Gasteiger partial charge in [-0.15, -0.1) is 15.3 Å². The predicted octanol–water partition coefficient (Wildman–Crippen LogP) is 3.75. The van der Waals surface area contributed by atoms with Gasteiger partial charge in [0.05, 0.1) is 5.52 Å². The van der Waals surface area contributed by atoms with E-state index in [4.69, 9.17) is 5.10 Å². The summed E-state index contributed by atoms with van der Waals surface area (Å²) in [4.78, 5) is 4.53. The molecule has 6 nitrogen and oxygen atoms in total. The summed E-state index contributed by atoms with van der Waals surface area (Å²) >= 11 is 0. The fraction of sp³-hybridized carbons (Fsp3) is 0.100. The molecule has 0 spiro atoms. The SMILES string of the molecule is Cc1nnc2c3ccccc3c(NCc3cccc4cccnc34)nn12. The Balaban J connectivity index is 1.61. The van der Waals surface area contributed by atoms with E-state index < -0.39 is 0 Å². The van der Waals surface area contributed by atoms with Gasteiger partial charge < -0.3 is 5.32 Å². The normalized spacial score (nSPS) is 11.4. The van der Waals surface area contributed by atoms with E-state index in [1.165, 1.54) is 0 Å². The number of benzene rings is 2. The van der Waals surface area contributed by atoms with E-state index in [0.29, 0.717) is 6.54 Å². The third-order valence-electron chi connectivity index (χ3n) is 4.58. The van der Waals surface area contributed by atoms with Gasteiger partial charge in [-0.05, 0) is 18.6 Å². The van der Waals surface area contributed by atoms with Crippen molar-refractivity contribution in [3.8, 4) is 0 Å². The van der Waals surface area contributed by atoms with E-state index in [2.05, 4.69) is 50.8 Å². The molecule has 5 rings (SSSR count). The molecule has 0 saturated heterocycles. The molecule has 3 heterocycles. The minimum Gasteiger partial charge on any atom is -0.364 e. The van der Waals surface area contributed by atoms with Crippen molar-refractivity contribution < 1.29 is 0 Å². The van der Waals surface area contributed by atoms with Crippen LogP contribution in [0.5, 0.6) is 0 Å². The standard InChI is InChI=1S/C20H16N6/c1-13-23-24-20-17-10-3-2-9-16(17)19(25-26(13)20)22-12-15-7-4-6-14-8-5-11-21-18(14)15/h2-11H,12H2,1H3,(H,22,25). The van der Waals surface area contributed by atoms with Crippen molar-refractivity contribution in [1.82, 2.24) is 24.8 Å². The van der Waals surface area contributed by atoms with Crippen LogP contribution >= 0.6 is 0 Å². The summed E-state index contributed by atoms with van der Waals surface area (Å²) in [5, 5.41) is 19.8. The van der Waals surface area contributed by atoms with E-state index in [0.717, 1.165) is 44.5 Å². The zero-order valence-corrected chi connectivity index (χ0v) is 14.2. The molecule has 0 unspecified atom stereocenters. The molecule has 0 fully saturated rings. The summed E-state index contributed by atoms with van der Waals surface area (Å²) in [6.45, 7) is 2.54. The third-order valence-corrected chi connectivity index (χ3v) is 4.58. The van der Waals surface area contributed by atoms with Crippen molar-refractivity contribution in [2.75, 3.05) is 5.32 Å². The van der Waals surface area contributed by atoms with Gasteiger partial charge in [-0.25, -0.2) is 0 Å². The second-order valence-corrected chi connectivity index (χ2v) is 6.22. The van der Waals surface area contributed by atoms with E-state index in [1.54, 1.807) is 4.52 Å². The Labute approximate surface area is 149 Å². The number of pyridine rings is 1. The molecule has 0 aliphatic carbocycles. The monoisotopic (exact) mass is 340 g/mol. The van der Waals surface area contributed by atoms with Gasteiger partial charge in [0.15, 0.2) is 17.3 Å². The van der Waals surface area contributed by atoms with E-state index in [-0.39, 0.29) is 0 Å². The molecule has 0 atom stereocenters. The summed E-state index contributed by atoms with van der Waals surface area (Å²) < 4.78 is 1.78. The summed E-state index contributed by atoms with van der Waals surface area (Å²) in [5.41, 5.74) is 2.92. The van der Waals surface area contributed by atoms with Crippen LogP contribution in [0.15, 0.2) is 60.8 Å². The summed E-state index contributed by atoms with van der Waals surface area (Å²) in [7, 11) is 0. The number of anilines is 1. The Morgan fingerprint density at radius 1 is 0.923 bits per heavy atom. The first-order valence-electron chi connectivity index (χ1n) is 8.48. The summed E-state index contributed by atoms with van der Waals surface area (Å²) in [6, 6.07) is 18.4. The zero-order valence-electron chi connectivity index (χ0n) is 14.2. The number of fused-ring (bicyclic) bond motifs is 4. The lowest BCUT2D eigenvalue weighted by Gasteiger charge is -2.11. The Morgan fingerprint density at radius 2 is 1.77 bits per heavy atom. The fourth-order valence-corrected chi connectivity index (χ4v) is 3.30. The molecule has 1 N–H and O–H groups in total. The Kier molecular flexibility index (Phi) is 3.28.